The molecule has 2 aliphatic heterocycles. The minimum absolute atomic E-state index is 0.0326. The fourth-order valence-electron chi connectivity index (χ4n) is 5.41. The summed E-state index contributed by atoms with van der Waals surface area (Å²) in [5.41, 5.74) is -1.20. The van der Waals surface area contributed by atoms with Gasteiger partial charge in [-0.15, -0.1) is 0 Å². The van der Waals surface area contributed by atoms with Crippen LogP contribution in [-0.4, -0.2) is 35.8 Å². The minimum atomic E-state index is -4.75. The van der Waals surface area contributed by atoms with E-state index in [9.17, 15) is 18.0 Å². The first kappa shape index (κ1) is 28.8. The number of halogens is 3. The number of rotatable bonds is 7. The molecule has 2 saturated heterocycles. The summed E-state index contributed by atoms with van der Waals surface area (Å²) >= 11 is 5.66. The van der Waals surface area contributed by atoms with Crippen LogP contribution in [0.25, 0.3) is 0 Å². The number of benzene rings is 2. The number of nitrogens with one attached hydrogen (secondary N) is 1. The van der Waals surface area contributed by atoms with E-state index in [2.05, 4.69) is 12.2 Å². The number of carbonyl (C=O) groups is 1. The Kier molecular flexibility index (Phi) is 8.24. The van der Waals surface area contributed by atoms with Gasteiger partial charge in [0.25, 0.3) is 5.91 Å². The van der Waals surface area contributed by atoms with Gasteiger partial charge in [-0.2, -0.15) is 18.4 Å². The van der Waals surface area contributed by atoms with Crippen molar-refractivity contribution in [3.05, 3.63) is 53.1 Å². The monoisotopic (exact) mass is 558 g/mol. The molecule has 0 aromatic heterocycles. The van der Waals surface area contributed by atoms with Crippen molar-refractivity contribution in [2.75, 3.05) is 23.0 Å². The second kappa shape index (κ2) is 11.1. The van der Waals surface area contributed by atoms with Crippen LogP contribution >= 0.6 is 12.2 Å². The number of alkyl halides is 3. The molecular weight excluding hydrogens is 525 g/mol. The zero-order valence-corrected chi connectivity index (χ0v) is 23.4. The van der Waals surface area contributed by atoms with Crippen LogP contribution in [0.15, 0.2) is 36.4 Å². The van der Waals surface area contributed by atoms with Gasteiger partial charge in [0.1, 0.15) is 11.3 Å². The van der Waals surface area contributed by atoms with E-state index in [0.717, 1.165) is 54.2 Å². The molecule has 0 spiro atoms. The quantitative estimate of drug-likeness (QED) is 0.408. The molecule has 4 rings (SSSR count). The molecule has 39 heavy (non-hydrogen) atoms. The zero-order valence-electron chi connectivity index (χ0n) is 22.6. The molecule has 2 aromatic rings. The van der Waals surface area contributed by atoms with E-state index in [1.807, 2.05) is 25.1 Å². The predicted octanol–water partition coefficient (Wildman–Crippen LogP) is 6.21. The van der Waals surface area contributed by atoms with Crippen molar-refractivity contribution in [2.45, 2.75) is 71.1 Å². The van der Waals surface area contributed by atoms with Crippen LogP contribution in [0, 0.1) is 17.2 Å². The average molecular weight is 559 g/mol. The van der Waals surface area contributed by atoms with E-state index in [1.54, 1.807) is 24.8 Å². The summed E-state index contributed by atoms with van der Waals surface area (Å²) in [7, 11) is 0. The van der Waals surface area contributed by atoms with Crippen LogP contribution < -0.4 is 19.9 Å². The minimum Gasteiger partial charge on any atom is -0.493 e. The average Bonchev–Trinajstić information content (AvgIpc) is 3.06. The molecule has 0 saturated carbocycles. The Bertz CT molecular complexity index is 1300. The number of hydrogen-bond donors (Lipinski definition) is 1. The van der Waals surface area contributed by atoms with Crippen LogP contribution in [0.1, 0.15) is 63.6 Å². The van der Waals surface area contributed by atoms with Crippen LogP contribution in [0.4, 0.5) is 24.5 Å². The number of hydrogen-bond acceptors (Lipinski definition) is 5. The SMILES string of the molecule is CCc1cc(N2C(=S)N(c3ccc(C#N)c(C(F)(F)F)c3)C(=O)C2(C)C)ccc1OCC[C@H]1CCN[C@H](C)C1. The first-order valence-electron chi connectivity index (χ1n) is 13.2. The molecule has 6 nitrogen and oxygen atoms in total. The predicted molar refractivity (Wildman–Crippen MR) is 149 cm³/mol. The normalized spacial score (nSPS) is 21.3. The number of nitriles is 1. The lowest BCUT2D eigenvalue weighted by molar-refractivity contribution is -0.137. The second-order valence-corrected chi connectivity index (χ2v) is 11.1. The summed E-state index contributed by atoms with van der Waals surface area (Å²) in [6.45, 7) is 9.23. The Morgan fingerprint density at radius 1 is 1.21 bits per heavy atom. The van der Waals surface area contributed by atoms with Gasteiger partial charge in [-0.3, -0.25) is 9.69 Å². The number of amides is 1. The number of thiocarbonyl (C=S) groups is 1. The fourth-order valence-corrected chi connectivity index (χ4v) is 5.94. The first-order valence-corrected chi connectivity index (χ1v) is 13.6. The largest absolute Gasteiger partial charge is 0.493 e. The maximum atomic E-state index is 13.6. The third-order valence-corrected chi connectivity index (χ3v) is 7.92. The highest BCUT2D eigenvalue weighted by Crippen LogP contribution is 2.40. The number of carbonyl (C=O) groups excluding carboxylic acids is 1. The summed E-state index contributed by atoms with van der Waals surface area (Å²) in [5.74, 6) is 0.946. The van der Waals surface area contributed by atoms with Crippen molar-refractivity contribution in [2.24, 2.45) is 5.92 Å². The van der Waals surface area contributed by atoms with Gasteiger partial charge in [0.2, 0.25) is 0 Å². The Hall–Kier alpha value is -3.16. The molecule has 0 radical (unpaired) electrons. The molecule has 1 N–H and O–H groups in total. The molecule has 2 atom stereocenters. The molecule has 2 aromatic carbocycles. The lowest BCUT2D eigenvalue weighted by Crippen LogP contribution is -2.44. The molecule has 2 heterocycles. The van der Waals surface area contributed by atoms with Crippen molar-refractivity contribution in [1.29, 1.82) is 5.26 Å². The maximum Gasteiger partial charge on any atom is 0.417 e. The lowest BCUT2D eigenvalue weighted by Gasteiger charge is -2.30. The molecule has 10 heteroatoms. The van der Waals surface area contributed by atoms with Gasteiger partial charge in [-0.1, -0.05) is 6.92 Å². The molecule has 2 aliphatic rings. The van der Waals surface area contributed by atoms with Gasteiger partial charge in [0.05, 0.1) is 29.5 Å². The smallest absolute Gasteiger partial charge is 0.417 e. The van der Waals surface area contributed by atoms with Crippen molar-refractivity contribution < 1.29 is 22.7 Å². The Labute approximate surface area is 232 Å². The van der Waals surface area contributed by atoms with Crippen LogP contribution in [0.5, 0.6) is 5.75 Å². The van der Waals surface area contributed by atoms with Gasteiger partial charge >= 0.3 is 6.18 Å². The van der Waals surface area contributed by atoms with Crippen LogP contribution in [0.2, 0.25) is 0 Å². The van der Waals surface area contributed by atoms with E-state index in [1.165, 1.54) is 6.07 Å². The highest BCUT2D eigenvalue weighted by molar-refractivity contribution is 7.81. The second-order valence-electron chi connectivity index (χ2n) is 10.7. The highest BCUT2D eigenvalue weighted by atomic mass is 32.1. The van der Waals surface area contributed by atoms with Crippen molar-refractivity contribution in [1.82, 2.24) is 5.32 Å². The van der Waals surface area contributed by atoms with E-state index in [4.69, 9.17) is 22.2 Å². The molecule has 0 unspecified atom stereocenters. The topological polar surface area (TPSA) is 68.6 Å². The summed E-state index contributed by atoms with van der Waals surface area (Å²) in [6.07, 6.45) is -0.800. The van der Waals surface area contributed by atoms with E-state index < -0.39 is 28.7 Å². The molecule has 0 aliphatic carbocycles. The summed E-state index contributed by atoms with van der Waals surface area (Å²) in [5, 5.41) is 12.7. The number of nitrogens with zero attached hydrogens (tertiary/aromatic N) is 3. The van der Waals surface area contributed by atoms with Crippen molar-refractivity contribution in [3.63, 3.8) is 0 Å². The summed E-state index contributed by atoms with van der Waals surface area (Å²) in [4.78, 5) is 16.3. The van der Waals surface area contributed by atoms with Gasteiger partial charge in [0.15, 0.2) is 5.11 Å². The number of piperidine rings is 1. The van der Waals surface area contributed by atoms with Crippen molar-refractivity contribution in [3.8, 4) is 11.8 Å². The molecular formula is C29H33F3N4O2S. The third-order valence-electron chi connectivity index (χ3n) is 7.55. The summed E-state index contributed by atoms with van der Waals surface area (Å²) in [6, 6.07) is 10.9. The van der Waals surface area contributed by atoms with Crippen molar-refractivity contribution >= 4 is 34.6 Å². The number of ether oxygens (including phenoxy) is 1. The van der Waals surface area contributed by atoms with E-state index in [-0.39, 0.29) is 10.8 Å². The van der Waals surface area contributed by atoms with E-state index in [0.29, 0.717) is 30.7 Å². The Morgan fingerprint density at radius 3 is 2.56 bits per heavy atom. The Morgan fingerprint density at radius 2 is 1.92 bits per heavy atom. The van der Waals surface area contributed by atoms with Gasteiger partial charge in [0, 0.05) is 11.7 Å². The standard InChI is InChI=1S/C29H33F3N4O2S/c1-5-20-15-23(8-9-25(20)38-13-11-19-10-12-34-18(2)14-19)36-27(39)35(26(37)28(36,3)4)22-7-6-21(17-33)24(16-22)29(30,31)32/h6-9,15-16,18-19,34H,5,10-14H2,1-4H3/t18-,19-/m1/s1. The third kappa shape index (κ3) is 5.75. The maximum absolute atomic E-state index is 13.6. The van der Waals surface area contributed by atoms with E-state index >= 15 is 0 Å². The van der Waals surface area contributed by atoms with Gasteiger partial charge in [-0.05, 0) is 113 Å². The molecule has 0 bridgehead atoms. The highest BCUT2D eigenvalue weighted by Gasteiger charge is 2.50. The lowest BCUT2D eigenvalue weighted by atomic mass is 9.91. The summed E-state index contributed by atoms with van der Waals surface area (Å²) < 4.78 is 47.0. The van der Waals surface area contributed by atoms with Gasteiger partial charge in [-0.25, -0.2) is 0 Å². The van der Waals surface area contributed by atoms with Crippen LogP contribution in [-0.2, 0) is 17.4 Å². The fraction of sp³-hybridized carbons (Fsp3) is 0.483. The number of aryl methyl sites for hydroxylation is 1. The molecule has 1 amide bonds. The molecule has 2 fully saturated rings. The number of anilines is 2. The van der Waals surface area contributed by atoms with Crippen LogP contribution in [0.3, 0.4) is 0 Å². The first-order chi connectivity index (χ1) is 18.4. The molecule has 208 valence electrons. The van der Waals surface area contributed by atoms with Gasteiger partial charge < -0.3 is 15.0 Å². The zero-order chi connectivity index (χ0) is 28.5. The Balaban J connectivity index is 1.58.